The van der Waals surface area contributed by atoms with Crippen molar-refractivity contribution in [2.24, 2.45) is 0 Å². The Balaban J connectivity index is 1.70. The van der Waals surface area contributed by atoms with Gasteiger partial charge >= 0.3 is 0 Å². The summed E-state index contributed by atoms with van der Waals surface area (Å²) < 4.78 is 2.06. The molecule has 0 radical (unpaired) electrons. The van der Waals surface area contributed by atoms with Gasteiger partial charge in [-0.15, -0.1) is 0 Å². The van der Waals surface area contributed by atoms with Gasteiger partial charge in [0.05, 0.1) is 6.33 Å². The van der Waals surface area contributed by atoms with Crippen molar-refractivity contribution in [3.05, 3.63) is 48.0 Å². The van der Waals surface area contributed by atoms with Gasteiger partial charge in [0.2, 0.25) is 0 Å². The van der Waals surface area contributed by atoms with Crippen LogP contribution in [0.15, 0.2) is 36.7 Å². The number of nitrogens with one attached hydrogen (secondary N) is 2. The van der Waals surface area contributed by atoms with Crippen LogP contribution in [0.25, 0.3) is 0 Å². The first-order chi connectivity index (χ1) is 10.2. The fourth-order valence-corrected chi connectivity index (χ4v) is 2.71. The lowest BCUT2D eigenvalue weighted by Crippen LogP contribution is -2.27. The Hall–Kier alpha value is -2.14. The molecule has 0 aliphatic carbocycles. The highest BCUT2D eigenvalue weighted by molar-refractivity contribution is 6.03. The monoisotopic (exact) mass is 284 g/mol. The van der Waals surface area contributed by atoms with Gasteiger partial charge in [-0.3, -0.25) is 4.79 Å². The van der Waals surface area contributed by atoms with Gasteiger partial charge in [-0.2, -0.15) is 0 Å². The molecule has 0 unspecified atom stereocenters. The molecule has 1 amide bonds. The minimum absolute atomic E-state index is 0.156. The van der Waals surface area contributed by atoms with E-state index >= 15 is 0 Å². The molecule has 1 aromatic heterocycles. The molecule has 1 aliphatic rings. The summed E-state index contributed by atoms with van der Waals surface area (Å²) in [4.78, 5) is 16.6. The van der Waals surface area contributed by atoms with Gasteiger partial charge in [0.25, 0.3) is 5.91 Å². The van der Waals surface area contributed by atoms with E-state index in [1.54, 1.807) is 6.33 Å². The Morgan fingerprint density at radius 3 is 2.95 bits per heavy atom. The molecule has 2 aromatic rings. The van der Waals surface area contributed by atoms with Crippen molar-refractivity contribution >= 4 is 11.6 Å². The molecule has 1 fully saturated rings. The summed E-state index contributed by atoms with van der Waals surface area (Å²) in [5.41, 5.74) is 2.20. The normalized spacial score (nSPS) is 17.9. The summed E-state index contributed by atoms with van der Waals surface area (Å²) in [5.74, 6) is -0.156. The lowest BCUT2D eigenvalue weighted by atomic mass is 10.2. The van der Waals surface area contributed by atoms with Crippen LogP contribution in [-0.4, -0.2) is 28.0 Å². The lowest BCUT2D eigenvalue weighted by Gasteiger charge is -2.12. The third-order valence-electron chi connectivity index (χ3n) is 3.93. The molecular formula is C16H20N4O. The smallest absolute Gasteiger partial charge is 0.276 e. The van der Waals surface area contributed by atoms with E-state index in [9.17, 15) is 4.79 Å². The van der Waals surface area contributed by atoms with Crippen molar-refractivity contribution in [2.45, 2.75) is 32.4 Å². The maximum Gasteiger partial charge on any atom is 0.276 e. The summed E-state index contributed by atoms with van der Waals surface area (Å²) in [5, 5.41) is 6.34. The molecule has 110 valence electrons. The van der Waals surface area contributed by atoms with E-state index in [0.29, 0.717) is 11.7 Å². The number of hydrogen-bond donors (Lipinski definition) is 2. The van der Waals surface area contributed by atoms with Crippen LogP contribution >= 0.6 is 0 Å². The predicted octanol–water partition coefficient (Wildman–Crippen LogP) is 2.20. The van der Waals surface area contributed by atoms with Crippen LogP contribution in [0, 0.1) is 6.92 Å². The molecule has 0 bridgehead atoms. The summed E-state index contributed by atoms with van der Waals surface area (Å²) in [6, 6.07) is 9.94. The van der Waals surface area contributed by atoms with Gasteiger partial charge in [0, 0.05) is 24.0 Å². The maximum absolute atomic E-state index is 12.3. The standard InChI is InChI=1S/C16H20N4O/c1-12-15(16(21)19-13-6-3-2-4-7-13)18-11-20(12)10-14-8-5-9-17-14/h2-4,6-7,11,14,17H,5,8-10H2,1H3,(H,19,21)/t14-/m0/s1. The average molecular weight is 284 g/mol. The van der Waals surface area contributed by atoms with Gasteiger partial charge < -0.3 is 15.2 Å². The highest BCUT2D eigenvalue weighted by atomic mass is 16.1. The molecule has 1 aliphatic heterocycles. The van der Waals surface area contributed by atoms with Crippen molar-refractivity contribution in [1.82, 2.24) is 14.9 Å². The Morgan fingerprint density at radius 1 is 1.43 bits per heavy atom. The van der Waals surface area contributed by atoms with Gasteiger partial charge in [-0.25, -0.2) is 4.98 Å². The van der Waals surface area contributed by atoms with Crippen LogP contribution in [-0.2, 0) is 6.54 Å². The van der Waals surface area contributed by atoms with E-state index in [1.807, 2.05) is 37.3 Å². The molecule has 1 aromatic carbocycles. The zero-order valence-corrected chi connectivity index (χ0v) is 12.2. The zero-order chi connectivity index (χ0) is 14.7. The van der Waals surface area contributed by atoms with Gasteiger partial charge in [0.1, 0.15) is 5.69 Å². The predicted molar refractivity (Wildman–Crippen MR) is 82.4 cm³/mol. The fourth-order valence-electron chi connectivity index (χ4n) is 2.71. The summed E-state index contributed by atoms with van der Waals surface area (Å²) in [6.07, 6.45) is 4.16. The van der Waals surface area contributed by atoms with Crippen molar-refractivity contribution in [3.63, 3.8) is 0 Å². The van der Waals surface area contributed by atoms with Gasteiger partial charge in [-0.1, -0.05) is 18.2 Å². The minimum Gasteiger partial charge on any atom is -0.332 e. The Labute approximate surface area is 124 Å². The van der Waals surface area contributed by atoms with E-state index in [1.165, 1.54) is 12.8 Å². The molecule has 2 heterocycles. The molecule has 0 saturated carbocycles. The van der Waals surface area contributed by atoms with E-state index in [0.717, 1.165) is 24.5 Å². The van der Waals surface area contributed by atoms with Crippen LogP contribution in [0.4, 0.5) is 5.69 Å². The van der Waals surface area contributed by atoms with E-state index in [4.69, 9.17) is 0 Å². The van der Waals surface area contributed by atoms with E-state index in [-0.39, 0.29) is 5.91 Å². The summed E-state index contributed by atoms with van der Waals surface area (Å²) in [7, 11) is 0. The molecule has 1 atom stereocenters. The second-order valence-corrected chi connectivity index (χ2v) is 5.44. The summed E-state index contributed by atoms with van der Waals surface area (Å²) in [6.45, 7) is 3.90. The average Bonchev–Trinajstić information content (AvgIpc) is 3.12. The Kier molecular flexibility index (Phi) is 4.01. The molecule has 2 N–H and O–H groups in total. The van der Waals surface area contributed by atoms with Gasteiger partial charge in [0.15, 0.2) is 0 Å². The number of imidazole rings is 1. The molecular weight excluding hydrogens is 264 g/mol. The molecule has 3 rings (SSSR count). The highest BCUT2D eigenvalue weighted by Gasteiger charge is 2.19. The first kappa shape index (κ1) is 13.8. The third-order valence-corrected chi connectivity index (χ3v) is 3.93. The number of amides is 1. The first-order valence-electron chi connectivity index (χ1n) is 7.35. The third kappa shape index (κ3) is 3.13. The van der Waals surface area contributed by atoms with Crippen LogP contribution < -0.4 is 10.6 Å². The molecule has 21 heavy (non-hydrogen) atoms. The quantitative estimate of drug-likeness (QED) is 0.905. The number of nitrogens with zero attached hydrogens (tertiary/aromatic N) is 2. The number of hydrogen-bond acceptors (Lipinski definition) is 3. The molecule has 5 nitrogen and oxygen atoms in total. The lowest BCUT2D eigenvalue weighted by molar-refractivity contribution is 0.102. The second-order valence-electron chi connectivity index (χ2n) is 5.44. The number of carbonyl (C=O) groups is 1. The number of para-hydroxylation sites is 1. The van der Waals surface area contributed by atoms with E-state index < -0.39 is 0 Å². The first-order valence-corrected chi connectivity index (χ1v) is 7.35. The second kappa shape index (κ2) is 6.10. The number of benzene rings is 1. The maximum atomic E-state index is 12.3. The summed E-state index contributed by atoms with van der Waals surface area (Å²) >= 11 is 0. The van der Waals surface area contributed by atoms with Crippen molar-refractivity contribution in [1.29, 1.82) is 0 Å². The van der Waals surface area contributed by atoms with E-state index in [2.05, 4.69) is 20.2 Å². The Bertz CT molecular complexity index is 614. The van der Waals surface area contributed by atoms with Crippen molar-refractivity contribution in [2.75, 3.05) is 11.9 Å². The fraction of sp³-hybridized carbons (Fsp3) is 0.375. The topological polar surface area (TPSA) is 59.0 Å². The van der Waals surface area contributed by atoms with Crippen LogP contribution in [0.3, 0.4) is 0 Å². The van der Waals surface area contributed by atoms with Crippen LogP contribution in [0.2, 0.25) is 0 Å². The molecule has 5 heteroatoms. The van der Waals surface area contributed by atoms with Crippen LogP contribution in [0.1, 0.15) is 29.0 Å². The number of carbonyl (C=O) groups excluding carboxylic acids is 1. The number of rotatable bonds is 4. The number of anilines is 1. The number of aromatic nitrogens is 2. The SMILES string of the molecule is Cc1c(C(=O)Nc2ccccc2)ncn1C[C@@H]1CCCN1. The highest BCUT2D eigenvalue weighted by Crippen LogP contribution is 2.14. The van der Waals surface area contributed by atoms with Crippen molar-refractivity contribution in [3.8, 4) is 0 Å². The molecule has 0 spiro atoms. The minimum atomic E-state index is -0.156. The zero-order valence-electron chi connectivity index (χ0n) is 12.2. The van der Waals surface area contributed by atoms with Crippen molar-refractivity contribution < 1.29 is 4.79 Å². The largest absolute Gasteiger partial charge is 0.332 e. The van der Waals surface area contributed by atoms with Crippen LogP contribution in [0.5, 0.6) is 0 Å². The molecule has 1 saturated heterocycles. The Morgan fingerprint density at radius 2 is 2.24 bits per heavy atom. The van der Waals surface area contributed by atoms with Gasteiger partial charge in [-0.05, 0) is 38.4 Å².